The van der Waals surface area contributed by atoms with Gasteiger partial charge in [0.2, 0.25) is 5.91 Å². The van der Waals surface area contributed by atoms with Crippen molar-refractivity contribution in [2.45, 2.75) is 44.2 Å². The van der Waals surface area contributed by atoms with Crippen LogP contribution in [0.5, 0.6) is 5.75 Å². The number of hydrogen-bond donors (Lipinski definition) is 0. The minimum absolute atomic E-state index is 0.0270. The summed E-state index contributed by atoms with van der Waals surface area (Å²) in [6.07, 6.45) is 4.67. The summed E-state index contributed by atoms with van der Waals surface area (Å²) in [6.45, 7) is 0. The average molecular weight is 410 g/mol. The summed E-state index contributed by atoms with van der Waals surface area (Å²) < 4.78 is 19.7. The summed E-state index contributed by atoms with van der Waals surface area (Å²) in [7, 11) is 3.11. The zero-order valence-electron chi connectivity index (χ0n) is 17.4. The largest absolute Gasteiger partial charge is 0.496 e. The van der Waals surface area contributed by atoms with Crippen molar-refractivity contribution in [2.24, 2.45) is 5.92 Å². The van der Waals surface area contributed by atoms with Gasteiger partial charge in [0, 0.05) is 13.1 Å². The van der Waals surface area contributed by atoms with E-state index in [1.54, 1.807) is 48.3 Å². The molecule has 158 valence electrons. The summed E-state index contributed by atoms with van der Waals surface area (Å²) >= 11 is 0. The standard InChI is InChI=1S/C24H27FN2O3/c1-26(20-13-7-5-11-18(20)25)24(29)21-15-16-9-3-6-12-19(16)27(21)23(28)17-10-4-8-14-22(17)30-2/h4-5,7-8,10-11,13-14,16,19,21H,3,6,9,12,15H2,1-2H3. The molecule has 2 aromatic carbocycles. The molecule has 1 aliphatic heterocycles. The summed E-state index contributed by atoms with van der Waals surface area (Å²) in [5.74, 6) is -0.109. The van der Waals surface area contributed by atoms with Gasteiger partial charge in [-0.3, -0.25) is 9.59 Å². The first-order valence-corrected chi connectivity index (χ1v) is 10.5. The lowest BCUT2D eigenvalue weighted by atomic mass is 9.84. The van der Waals surface area contributed by atoms with Crippen molar-refractivity contribution in [3.05, 3.63) is 59.9 Å². The van der Waals surface area contributed by atoms with Crippen LogP contribution in [0.1, 0.15) is 42.5 Å². The Labute approximate surface area is 176 Å². The first-order chi connectivity index (χ1) is 14.5. The molecule has 1 heterocycles. The maximum Gasteiger partial charge on any atom is 0.258 e. The summed E-state index contributed by atoms with van der Waals surface area (Å²) in [5.41, 5.74) is 0.680. The third-order valence-electron chi connectivity index (χ3n) is 6.49. The molecular formula is C24H27FN2O3. The third-order valence-corrected chi connectivity index (χ3v) is 6.49. The average Bonchev–Trinajstić information content (AvgIpc) is 3.17. The van der Waals surface area contributed by atoms with Crippen molar-refractivity contribution >= 4 is 17.5 Å². The SMILES string of the molecule is COc1ccccc1C(=O)N1C(C(=O)N(C)c2ccccc2F)CC2CCCCC21. The van der Waals surface area contributed by atoms with Crippen LogP contribution in [-0.4, -0.2) is 43.0 Å². The Bertz CT molecular complexity index is 948. The molecule has 2 aliphatic rings. The summed E-state index contributed by atoms with van der Waals surface area (Å²) in [5, 5.41) is 0. The van der Waals surface area contributed by atoms with Gasteiger partial charge in [0.1, 0.15) is 17.6 Å². The Morgan fingerprint density at radius 1 is 1.07 bits per heavy atom. The van der Waals surface area contributed by atoms with Crippen molar-refractivity contribution in [2.75, 3.05) is 19.1 Å². The molecule has 3 atom stereocenters. The molecule has 3 unspecified atom stereocenters. The fourth-order valence-corrected chi connectivity index (χ4v) is 5.00. The van der Waals surface area contributed by atoms with Gasteiger partial charge in [0.15, 0.2) is 0 Å². The van der Waals surface area contributed by atoms with Gasteiger partial charge in [-0.05, 0) is 49.4 Å². The zero-order valence-corrected chi connectivity index (χ0v) is 17.4. The Morgan fingerprint density at radius 3 is 2.53 bits per heavy atom. The molecule has 30 heavy (non-hydrogen) atoms. The molecule has 1 saturated carbocycles. The van der Waals surface area contributed by atoms with E-state index in [0.29, 0.717) is 23.7 Å². The minimum Gasteiger partial charge on any atom is -0.496 e. The molecule has 0 spiro atoms. The van der Waals surface area contributed by atoms with Crippen molar-refractivity contribution in [1.29, 1.82) is 0 Å². The monoisotopic (exact) mass is 410 g/mol. The van der Waals surface area contributed by atoms with Crippen LogP contribution in [-0.2, 0) is 4.79 Å². The van der Waals surface area contributed by atoms with Crippen LogP contribution >= 0.6 is 0 Å². The van der Waals surface area contributed by atoms with Gasteiger partial charge in [-0.2, -0.15) is 0 Å². The highest BCUT2D eigenvalue weighted by molar-refractivity contribution is 6.03. The van der Waals surface area contributed by atoms with Crippen LogP contribution in [0, 0.1) is 11.7 Å². The number of carbonyl (C=O) groups excluding carboxylic acids is 2. The Kier molecular flexibility index (Phi) is 5.75. The van der Waals surface area contributed by atoms with Crippen LogP contribution in [0.15, 0.2) is 48.5 Å². The Morgan fingerprint density at radius 2 is 1.77 bits per heavy atom. The molecule has 0 bridgehead atoms. The van der Waals surface area contributed by atoms with Gasteiger partial charge >= 0.3 is 0 Å². The number of anilines is 1. The Hall–Kier alpha value is -2.89. The van der Waals surface area contributed by atoms with Crippen LogP contribution < -0.4 is 9.64 Å². The first-order valence-electron chi connectivity index (χ1n) is 10.5. The second-order valence-corrected chi connectivity index (χ2v) is 8.12. The molecule has 0 aromatic heterocycles. The molecule has 2 fully saturated rings. The van der Waals surface area contributed by atoms with Gasteiger partial charge in [-0.15, -0.1) is 0 Å². The summed E-state index contributed by atoms with van der Waals surface area (Å²) in [6, 6.07) is 12.7. The number of rotatable bonds is 4. The lowest BCUT2D eigenvalue weighted by Crippen LogP contribution is -2.50. The van der Waals surface area contributed by atoms with Gasteiger partial charge in [-0.25, -0.2) is 4.39 Å². The fourth-order valence-electron chi connectivity index (χ4n) is 5.00. The number of benzene rings is 2. The number of amides is 2. The molecule has 0 radical (unpaired) electrons. The predicted octanol–water partition coefficient (Wildman–Crippen LogP) is 4.27. The van der Waals surface area contributed by atoms with E-state index in [2.05, 4.69) is 0 Å². The molecule has 0 N–H and O–H groups in total. The normalized spacial score (nSPS) is 23.0. The molecule has 4 rings (SSSR count). The molecular weight excluding hydrogens is 383 g/mol. The summed E-state index contributed by atoms with van der Waals surface area (Å²) in [4.78, 5) is 30.2. The number of para-hydroxylation sites is 2. The number of ether oxygens (including phenoxy) is 1. The molecule has 5 nitrogen and oxygen atoms in total. The highest BCUT2D eigenvalue weighted by Crippen LogP contribution is 2.42. The van der Waals surface area contributed by atoms with Crippen LogP contribution in [0.3, 0.4) is 0 Å². The molecule has 2 amide bonds. The second-order valence-electron chi connectivity index (χ2n) is 8.12. The van der Waals surface area contributed by atoms with E-state index < -0.39 is 11.9 Å². The number of halogens is 1. The van der Waals surface area contributed by atoms with Gasteiger partial charge in [0.05, 0.1) is 18.4 Å². The smallest absolute Gasteiger partial charge is 0.258 e. The molecule has 1 saturated heterocycles. The van der Waals surface area contributed by atoms with E-state index in [1.165, 1.54) is 18.1 Å². The van der Waals surface area contributed by atoms with E-state index >= 15 is 0 Å². The van der Waals surface area contributed by atoms with E-state index in [-0.39, 0.29) is 23.5 Å². The lowest BCUT2D eigenvalue weighted by molar-refractivity contribution is -0.122. The van der Waals surface area contributed by atoms with E-state index in [0.717, 1.165) is 25.7 Å². The quantitative estimate of drug-likeness (QED) is 0.756. The Balaban J connectivity index is 1.69. The number of methoxy groups -OCH3 is 1. The fraction of sp³-hybridized carbons (Fsp3) is 0.417. The number of fused-ring (bicyclic) bond motifs is 1. The second kappa shape index (κ2) is 8.46. The third kappa shape index (κ3) is 3.55. The number of carbonyl (C=O) groups is 2. The van der Waals surface area contributed by atoms with Crippen molar-refractivity contribution in [3.8, 4) is 5.75 Å². The molecule has 6 heteroatoms. The molecule has 2 aromatic rings. The molecule has 1 aliphatic carbocycles. The number of likely N-dealkylation sites (tertiary alicyclic amines) is 1. The highest BCUT2D eigenvalue weighted by Gasteiger charge is 2.48. The van der Waals surface area contributed by atoms with Crippen molar-refractivity contribution < 1.29 is 18.7 Å². The number of likely N-dealkylation sites (N-methyl/N-ethyl adjacent to an activating group) is 1. The van der Waals surface area contributed by atoms with Crippen LogP contribution in [0.25, 0.3) is 0 Å². The van der Waals surface area contributed by atoms with E-state index in [1.807, 2.05) is 6.07 Å². The topological polar surface area (TPSA) is 49.9 Å². The highest BCUT2D eigenvalue weighted by atomic mass is 19.1. The van der Waals surface area contributed by atoms with Crippen molar-refractivity contribution in [1.82, 2.24) is 4.90 Å². The van der Waals surface area contributed by atoms with Gasteiger partial charge in [-0.1, -0.05) is 37.1 Å². The van der Waals surface area contributed by atoms with Crippen LogP contribution in [0.2, 0.25) is 0 Å². The maximum absolute atomic E-state index is 14.3. The number of nitrogens with zero attached hydrogens (tertiary/aromatic N) is 2. The van der Waals surface area contributed by atoms with E-state index in [9.17, 15) is 14.0 Å². The van der Waals surface area contributed by atoms with Gasteiger partial charge < -0.3 is 14.5 Å². The lowest BCUT2D eigenvalue weighted by Gasteiger charge is -2.35. The predicted molar refractivity (Wildman–Crippen MR) is 113 cm³/mol. The minimum atomic E-state index is -0.611. The van der Waals surface area contributed by atoms with E-state index in [4.69, 9.17) is 4.74 Å². The maximum atomic E-state index is 14.3. The number of hydrogen-bond acceptors (Lipinski definition) is 3. The zero-order chi connectivity index (χ0) is 21.3. The van der Waals surface area contributed by atoms with Crippen LogP contribution in [0.4, 0.5) is 10.1 Å². The first kappa shape index (κ1) is 20.4. The van der Waals surface area contributed by atoms with Crippen molar-refractivity contribution in [3.63, 3.8) is 0 Å². The van der Waals surface area contributed by atoms with Gasteiger partial charge in [0.25, 0.3) is 5.91 Å².